The van der Waals surface area contributed by atoms with E-state index in [0.717, 1.165) is 0 Å². The third-order valence-corrected chi connectivity index (χ3v) is 7.54. The molecule has 0 radical (unpaired) electrons. The minimum absolute atomic E-state index is 0.0626. The van der Waals surface area contributed by atoms with Crippen LogP contribution in [0.5, 0.6) is 0 Å². The van der Waals surface area contributed by atoms with Gasteiger partial charge in [0.15, 0.2) is 0 Å². The molecule has 0 fully saturated rings. The highest BCUT2D eigenvalue weighted by Gasteiger charge is 2.07. The number of carboxylic acid groups (broad SMARTS) is 3. The van der Waals surface area contributed by atoms with E-state index in [1.807, 2.05) is 0 Å². The van der Waals surface area contributed by atoms with Crippen LogP contribution in [-0.2, 0) is 85.6 Å². The van der Waals surface area contributed by atoms with Crippen LogP contribution in [0.25, 0.3) is 0 Å². The monoisotopic (exact) mass is 929 g/mol. The van der Waals surface area contributed by atoms with E-state index < -0.39 is 17.9 Å². The van der Waals surface area contributed by atoms with Gasteiger partial charge < -0.3 is 88.1 Å². The quantitative estimate of drug-likeness (QED) is 0.0315. The van der Waals surface area contributed by atoms with Gasteiger partial charge in [0.1, 0.15) is 0 Å². The van der Waals surface area contributed by atoms with Gasteiger partial charge in [-0.15, -0.1) is 0 Å². The van der Waals surface area contributed by atoms with Crippen molar-refractivity contribution in [1.82, 2.24) is 16.0 Å². The van der Waals surface area contributed by atoms with Crippen molar-refractivity contribution in [1.29, 1.82) is 0 Å². The van der Waals surface area contributed by atoms with Crippen molar-refractivity contribution in [3.05, 3.63) is 11.8 Å². The Balaban J connectivity index is 4.35. The number of carboxylic acids is 3. The molecule has 0 heterocycles. The summed E-state index contributed by atoms with van der Waals surface area (Å²) in [5.74, 6) is -3.49. The maximum absolute atomic E-state index is 12.2. The summed E-state index contributed by atoms with van der Waals surface area (Å²) >= 11 is 0. The van der Waals surface area contributed by atoms with Gasteiger partial charge in [-0.25, -0.2) is 0 Å². The van der Waals surface area contributed by atoms with E-state index in [4.69, 9.17) is 72.2 Å². The summed E-state index contributed by atoms with van der Waals surface area (Å²) in [4.78, 5) is 68.0. The van der Waals surface area contributed by atoms with E-state index in [2.05, 4.69) is 16.0 Å². The number of hydrogen-bond donors (Lipinski definition) is 6. The molecular weight excluding hydrogens is 858 g/mol. The van der Waals surface area contributed by atoms with E-state index in [0.29, 0.717) is 78.1 Å². The van der Waals surface area contributed by atoms with Crippen molar-refractivity contribution in [3.8, 4) is 0 Å². The summed E-state index contributed by atoms with van der Waals surface area (Å²) in [5, 5.41) is 33.9. The summed E-state index contributed by atoms with van der Waals surface area (Å²) in [7, 11) is 0. The van der Waals surface area contributed by atoms with Crippen LogP contribution in [0, 0.1) is 0 Å². The Morgan fingerprint density at radius 3 is 0.859 bits per heavy atom. The lowest BCUT2D eigenvalue weighted by Gasteiger charge is -2.12. The van der Waals surface area contributed by atoms with Gasteiger partial charge >= 0.3 is 17.9 Å². The second-order valence-electron chi connectivity index (χ2n) is 13.0. The summed E-state index contributed by atoms with van der Waals surface area (Å²) in [6, 6.07) is 0. The molecule has 24 heteroatoms. The SMILES string of the molecule is O=C(O)CCOCCOCCOCCNC(=O)CCOC=C(COCCC(=O)NCCOCCOCCOCCC(=O)O)COCCC(=O)NCCOCCOCCOCCC(=O)O. The highest BCUT2D eigenvalue weighted by atomic mass is 16.6. The van der Waals surface area contributed by atoms with Crippen molar-refractivity contribution in [2.24, 2.45) is 0 Å². The van der Waals surface area contributed by atoms with Gasteiger partial charge in [0.05, 0.1) is 184 Å². The van der Waals surface area contributed by atoms with Gasteiger partial charge in [-0.2, -0.15) is 0 Å². The summed E-state index contributed by atoms with van der Waals surface area (Å²) in [5.41, 5.74) is 0.577. The second kappa shape index (κ2) is 46.9. The fourth-order valence-corrected chi connectivity index (χ4v) is 4.33. The van der Waals surface area contributed by atoms with Crippen molar-refractivity contribution < 1.29 is 101 Å². The highest BCUT2D eigenvalue weighted by Crippen LogP contribution is 2.01. The van der Waals surface area contributed by atoms with E-state index in [9.17, 15) is 28.8 Å². The Morgan fingerprint density at radius 1 is 0.312 bits per heavy atom. The summed E-state index contributed by atoms with van der Waals surface area (Å²) in [6.45, 7) is 6.22. The molecule has 0 aliphatic carbocycles. The third kappa shape index (κ3) is 48.9. The van der Waals surface area contributed by atoms with Gasteiger partial charge in [-0.05, 0) is 0 Å². The Hall–Kier alpha value is -4.08. The summed E-state index contributed by atoms with van der Waals surface area (Å²) in [6.07, 6.45) is 1.48. The maximum Gasteiger partial charge on any atom is 0.305 e. The van der Waals surface area contributed by atoms with Crippen LogP contribution in [0.2, 0.25) is 0 Å². The van der Waals surface area contributed by atoms with Crippen molar-refractivity contribution >= 4 is 35.6 Å². The molecule has 0 bridgehead atoms. The fourth-order valence-electron chi connectivity index (χ4n) is 4.33. The molecule has 0 rings (SSSR count). The predicted octanol–water partition coefficient (Wildman–Crippen LogP) is -0.988. The van der Waals surface area contributed by atoms with E-state index in [1.165, 1.54) is 6.26 Å². The van der Waals surface area contributed by atoms with Gasteiger partial charge in [0, 0.05) is 38.0 Å². The first kappa shape index (κ1) is 59.9. The lowest BCUT2D eigenvalue weighted by atomic mass is 10.3. The number of rotatable bonds is 50. The number of ether oxygens (including phenoxy) is 12. The zero-order chi connectivity index (χ0) is 47.0. The first-order chi connectivity index (χ1) is 31.1. The van der Waals surface area contributed by atoms with Crippen molar-refractivity contribution in [2.45, 2.75) is 38.5 Å². The zero-order valence-corrected chi connectivity index (χ0v) is 36.9. The van der Waals surface area contributed by atoms with E-state index >= 15 is 0 Å². The molecule has 0 aliphatic heterocycles. The number of nitrogens with one attached hydrogen (secondary N) is 3. The van der Waals surface area contributed by atoms with Crippen molar-refractivity contribution in [3.63, 3.8) is 0 Å². The maximum atomic E-state index is 12.2. The van der Waals surface area contributed by atoms with Gasteiger partial charge in [-0.1, -0.05) is 0 Å². The molecule has 0 saturated carbocycles. The van der Waals surface area contributed by atoms with Crippen LogP contribution in [0.1, 0.15) is 38.5 Å². The third-order valence-electron chi connectivity index (χ3n) is 7.54. The molecule has 24 nitrogen and oxygen atoms in total. The molecule has 0 spiro atoms. The molecule has 0 aromatic carbocycles. The largest absolute Gasteiger partial charge is 0.501 e. The first-order valence-electron chi connectivity index (χ1n) is 21.2. The molecule has 0 aromatic rings. The Bertz CT molecular complexity index is 1170. The summed E-state index contributed by atoms with van der Waals surface area (Å²) < 4.78 is 64.5. The normalized spacial score (nSPS) is 10.9. The minimum atomic E-state index is -0.924. The van der Waals surface area contributed by atoms with E-state index in [-0.39, 0.29) is 155 Å². The average molecular weight is 930 g/mol. The topological polar surface area (TPSA) is 310 Å². The first-order valence-corrected chi connectivity index (χ1v) is 21.2. The van der Waals surface area contributed by atoms with Crippen molar-refractivity contribution in [2.75, 3.05) is 172 Å². The standard InChI is InChI=1S/C40H71N3O21/c44-35(41-7-16-56-22-28-59-25-19-53-13-4-38(47)48)1-10-62-31-34(32-63-11-2-36(45)42-8-17-57-23-29-60-26-20-54-14-5-39(49)50)33-64-12-3-37(46)43-9-18-58-24-30-61-27-21-55-15-6-40(51)52/h31H,1-30,32-33H2,(H,41,44)(H,42,45)(H,43,46)(H,47,48)(H,49,50)(H,51,52). The van der Waals surface area contributed by atoms with Crippen LogP contribution in [-0.4, -0.2) is 223 Å². The number of hydrogen-bond acceptors (Lipinski definition) is 18. The van der Waals surface area contributed by atoms with Crippen LogP contribution in [0.4, 0.5) is 0 Å². The van der Waals surface area contributed by atoms with Crippen LogP contribution in [0.15, 0.2) is 11.8 Å². The number of carbonyl (C=O) groups is 6. The number of carbonyl (C=O) groups excluding carboxylic acids is 3. The van der Waals surface area contributed by atoms with Crippen LogP contribution in [0.3, 0.4) is 0 Å². The van der Waals surface area contributed by atoms with E-state index in [1.54, 1.807) is 0 Å². The predicted molar refractivity (Wildman–Crippen MR) is 223 cm³/mol. The number of aliphatic carboxylic acids is 3. The Labute approximate surface area is 374 Å². The molecule has 0 atom stereocenters. The molecule has 3 amide bonds. The van der Waals surface area contributed by atoms with Gasteiger partial charge in [0.25, 0.3) is 0 Å². The molecule has 0 aliphatic rings. The average Bonchev–Trinajstić information content (AvgIpc) is 3.25. The van der Waals surface area contributed by atoms with Crippen LogP contribution < -0.4 is 16.0 Å². The van der Waals surface area contributed by atoms with Crippen LogP contribution >= 0.6 is 0 Å². The molecule has 6 N–H and O–H groups in total. The minimum Gasteiger partial charge on any atom is -0.501 e. The number of amides is 3. The molecule has 0 saturated heterocycles. The lowest BCUT2D eigenvalue weighted by molar-refractivity contribution is -0.139. The molecule has 0 aromatic heterocycles. The highest BCUT2D eigenvalue weighted by molar-refractivity contribution is 5.76. The molecule has 372 valence electrons. The van der Waals surface area contributed by atoms with Gasteiger partial charge in [-0.3, -0.25) is 28.8 Å². The lowest BCUT2D eigenvalue weighted by Crippen LogP contribution is -2.29. The smallest absolute Gasteiger partial charge is 0.305 e. The molecular formula is C40H71N3O21. The Morgan fingerprint density at radius 2 is 0.562 bits per heavy atom. The molecule has 64 heavy (non-hydrogen) atoms. The fraction of sp³-hybridized carbons (Fsp3) is 0.800. The second-order valence-corrected chi connectivity index (χ2v) is 13.0. The molecule has 0 unspecified atom stereocenters. The Kier molecular flexibility index (Phi) is 43.9. The zero-order valence-electron chi connectivity index (χ0n) is 36.9. The van der Waals surface area contributed by atoms with Gasteiger partial charge in [0.2, 0.25) is 17.7 Å².